The Morgan fingerprint density at radius 3 is 2.37 bits per heavy atom. The molecule has 0 aliphatic heterocycles. The Balaban J connectivity index is 1.73. The second-order valence-electron chi connectivity index (χ2n) is 10.6. The number of nitrogens with one attached hydrogen (secondary N) is 1. The maximum Gasteiger partial charge on any atom is 0.251 e. The highest BCUT2D eigenvalue weighted by Crippen LogP contribution is 2.37. The molecule has 0 saturated carbocycles. The fourth-order valence-corrected chi connectivity index (χ4v) is 7.85. The largest absolute Gasteiger partial charge is 0.323 e. The third-order valence-corrected chi connectivity index (χ3v) is 9.30. The van der Waals surface area contributed by atoms with Crippen molar-refractivity contribution in [3.63, 3.8) is 0 Å². The van der Waals surface area contributed by atoms with Crippen molar-refractivity contribution < 1.29 is 8.42 Å². The molecule has 0 fully saturated rings. The maximum atomic E-state index is 13.3. The number of nitrogens with zero attached hydrogens (tertiary/aromatic N) is 2. The zero-order valence-electron chi connectivity index (χ0n) is 21.4. The van der Waals surface area contributed by atoms with Crippen LogP contribution in [0.15, 0.2) is 65.1 Å². The molecule has 0 amide bonds. The molecule has 2 heterocycles. The van der Waals surface area contributed by atoms with Crippen molar-refractivity contribution in [1.29, 1.82) is 0 Å². The molecule has 0 bridgehead atoms. The molecule has 0 saturated heterocycles. The van der Waals surface area contributed by atoms with E-state index >= 15 is 0 Å². The van der Waals surface area contributed by atoms with Crippen LogP contribution in [0.1, 0.15) is 64.4 Å². The van der Waals surface area contributed by atoms with Gasteiger partial charge in [-0.05, 0) is 68.9 Å². The van der Waals surface area contributed by atoms with E-state index in [2.05, 4.69) is 71.4 Å². The molecule has 1 N–H and O–H groups in total. The topological polar surface area (TPSA) is 64.0 Å². The smallest absolute Gasteiger partial charge is 0.251 e. The minimum absolute atomic E-state index is 0.154. The van der Waals surface area contributed by atoms with Crippen LogP contribution in [0.25, 0.3) is 22.2 Å². The van der Waals surface area contributed by atoms with Crippen LogP contribution in [-0.2, 0) is 16.4 Å². The monoisotopic (exact) mass is 509 g/mol. The normalized spacial score (nSPS) is 13.6. The first-order valence-corrected chi connectivity index (χ1v) is 14.5. The highest BCUT2D eigenvalue weighted by molar-refractivity contribution is 7.91. The van der Waals surface area contributed by atoms with Crippen molar-refractivity contribution in [2.24, 2.45) is 5.92 Å². The average molecular weight is 510 g/mol. The summed E-state index contributed by atoms with van der Waals surface area (Å²) >= 11 is 1.38. The molecule has 35 heavy (non-hydrogen) atoms. The van der Waals surface area contributed by atoms with Gasteiger partial charge in [-0.2, -0.15) is 0 Å². The second-order valence-corrected chi connectivity index (χ2v) is 13.6. The van der Waals surface area contributed by atoms with Crippen LogP contribution in [0.2, 0.25) is 0 Å². The number of hydrogen-bond acceptors (Lipinski definition) is 4. The number of sulfonamides is 1. The summed E-state index contributed by atoms with van der Waals surface area (Å²) in [6, 6.07) is 18.7. The molecule has 4 aromatic rings. The molecule has 0 radical (unpaired) electrons. The Labute approximate surface area is 213 Å². The van der Waals surface area contributed by atoms with E-state index in [9.17, 15) is 8.42 Å². The number of benzene rings is 2. The Kier molecular flexibility index (Phi) is 7.23. The van der Waals surface area contributed by atoms with E-state index in [-0.39, 0.29) is 6.04 Å². The van der Waals surface area contributed by atoms with E-state index in [0.29, 0.717) is 10.1 Å². The van der Waals surface area contributed by atoms with Crippen molar-refractivity contribution in [3.05, 3.63) is 71.4 Å². The van der Waals surface area contributed by atoms with Gasteiger partial charge >= 0.3 is 0 Å². The van der Waals surface area contributed by atoms with E-state index in [0.717, 1.165) is 39.9 Å². The summed E-state index contributed by atoms with van der Waals surface area (Å²) in [5.41, 5.74) is 4.41. The SMILES string of the molecule is CCC(c1ccc(-c2cc(CC(C)C)sc2S(=O)(=O)NC(C)(C)C)cc1)n1cnc2ccccc21. The Hall–Kier alpha value is -2.48. The molecule has 7 heteroatoms. The third-order valence-electron chi connectivity index (χ3n) is 5.85. The summed E-state index contributed by atoms with van der Waals surface area (Å²) in [5, 5.41) is 0. The molecule has 1 unspecified atom stereocenters. The number of hydrogen-bond donors (Lipinski definition) is 1. The highest BCUT2D eigenvalue weighted by atomic mass is 32.2. The molecule has 0 aliphatic rings. The minimum atomic E-state index is -3.65. The van der Waals surface area contributed by atoms with E-state index in [1.165, 1.54) is 16.9 Å². The van der Waals surface area contributed by atoms with Gasteiger partial charge in [0.15, 0.2) is 0 Å². The lowest BCUT2D eigenvalue weighted by molar-refractivity contribution is 0.493. The summed E-state index contributed by atoms with van der Waals surface area (Å²) < 4.78 is 32.1. The van der Waals surface area contributed by atoms with Gasteiger partial charge in [0.05, 0.1) is 23.4 Å². The Morgan fingerprint density at radius 2 is 1.74 bits per heavy atom. The Morgan fingerprint density at radius 1 is 1.06 bits per heavy atom. The summed E-state index contributed by atoms with van der Waals surface area (Å²) in [6.07, 6.45) is 3.69. The van der Waals surface area contributed by atoms with Crippen molar-refractivity contribution in [1.82, 2.24) is 14.3 Å². The lowest BCUT2D eigenvalue weighted by Gasteiger charge is -2.20. The molecule has 2 aromatic heterocycles. The van der Waals surface area contributed by atoms with Gasteiger partial charge in [-0.25, -0.2) is 18.1 Å². The van der Waals surface area contributed by atoms with Crippen LogP contribution in [0.5, 0.6) is 0 Å². The van der Waals surface area contributed by atoms with Crippen molar-refractivity contribution >= 4 is 32.4 Å². The molecule has 4 rings (SSSR count). The van der Waals surface area contributed by atoms with E-state index in [4.69, 9.17) is 0 Å². The predicted molar refractivity (Wildman–Crippen MR) is 147 cm³/mol. The summed E-state index contributed by atoms with van der Waals surface area (Å²) in [5.74, 6) is 0.449. The van der Waals surface area contributed by atoms with Crippen LogP contribution in [0.3, 0.4) is 0 Å². The minimum Gasteiger partial charge on any atom is -0.323 e. The van der Waals surface area contributed by atoms with E-state index < -0.39 is 15.6 Å². The lowest BCUT2D eigenvalue weighted by Crippen LogP contribution is -2.40. The van der Waals surface area contributed by atoms with Gasteiger partial charge in [-0.1, -0.05) is 57.2 Å². The van der Waals surface area contributed by atoms with Gasteiger partial charge in [0.2, 0.25) is 0 Å². The van der Waals surface area contributed by atoms with Gasteiger partial charge < -0.3 is 4.57 Å². The van der Waals surface area contributed by atoms with Gasteiger partial charge in [-0.15, -0.1) is 11.3 Å². The number of thiophene rings is 1. The number of fused-ring (bicyclic) bond motifs is 1. The summed E-state index contributed by atoms with van der Waals surface area (Å²) in [6.45, 7) is 12.1. The third kappa shape index (κ3) is 5.68. The molecule has 1 atom stereocenters. The molecular weight excluding hydrogens is 474 g/mol. The number of rotatable bonds is 8. The molecule has 0 spiro atoms. The first-order chi connectivity index (χ1) is 16.5. The standard InChI is InChI=1S/C28H35N3O2S2/c1-7-25(31-18-29-24-10-8-9-11-26(24)31)21-14-12-20(13-15-21)23-17-22(16-19(2)3)34-27(23)35(32,33)30-28(4,5)6/h8-15,17-19,25,30H,7,16H2,1-6H3. The molecular formula is C28H35N3O2S2. The van der Waals surface area contributed by atoms with Crippen LogP contribution in [0.4, 0.5) is 0 Å². The highest BCUT2D eigenvalue weighted by Gasteiger charge is 2.28. The second kappa shape index (κ2) is 9.88. The van der Waals surface area contributed by atoms with Crippen molar-refractivity contribution in [2.45, 2.75) is 70.2 Å². The first-order valence-electron chi connectivity index (χ1n) is 12.2. The predicted octanol–water partition coefficient (Wildman–Crippen LogP) is 7.04. The lowest BCUT2D eigenvalue weighted by atomic mass is 10.00. The van der Waals surface area contributed by atoms with Crippen molar-refractivity contribution in [3.8, 4) is 11.1 Å². The average Bonchev–Trinajstić information content (AvgIpc) is 3.38. The summed E-state index contributed by atoms with van der Waals surface area (Å²) in [4.78, 5) is 5.65. The fraction of sp³-hybridized carbons (Fsp3) is 0.393. The number of aromatic nitrogens is 2. The van der Waals surface area contributed by atoms with Crippen LogP contribution in [0, 0.1) is 5.92 Å². The van der Waals surface area contributed by atoms with E-state index in [1.54, 1.807) is 0 Å². The number of para-hydroxylation sites is 2. The quantitative estimate of drug-likeness (QED) is 0.277. The van der Waals surface area contributed by atoms with Crippen molar-refractivity contribution in [2.75, 3.05) is 0 Å². The molecule has 5 nitrogen and oxygen atoms in total. The van der Waals surface area contributed by atoms with Gasteiger partial charge in [0.1, 0.15) is 4.21 Å². The summed E-state index contributed by atoms with van der Waals surface area (Å²) in [7, 11) is -3.65. The zero-order chi connectivity index (χ0) is 25.4. The first kappa shape index (κ1) is 25.6. The fourth-order valence-electron chi connectivity index (χ4n) is 4.48. The van der Waals surface area contributed by atoms with Gasteiger partial charge in [0, 0.05) is 16.0 Å². The van der Waals surface area contributed by atoms with Crippen LogP contribution in [-0.4, -0.2) is 23.5 Å². The molecule has 186 valence electrons. The van der Waals surface area contributed by atoms with E-state index in [1.807, 2.05) is 45.3 Å². The zero-order valence-corrected chi connectivity index (χ0v) is 23.0. The van der Waals surface area contributed by atoms with Gasteiger partial charge in [0.25, 0.3) is 10.0 Å². The van der Waals surface area contributed by atoms with Crippen LogP contribution < -0.4 is 4.72 Å². The van der Waals surface area contributed by atoms with Gasteiger partial charge in [-0.3, -0.25) is 0 Å². The molecule has 0 aliphatic carbocycles. The Bertz CT molecular complexity index is 1410. The molecule has 2 aromatic carbocycles. The maximum absolute atomic E-state index is 13.3. The number of imidazole rings is 1. The van der Waals surface area contributed by atoms with Crippen LogP contribution >= 0.6 is 11.3 Å².